The SMILES string of the molecule is COc1c(N)ncnc1NC(C)c1cccc(F)c1. The number of nitrogens with two attached hydrogens (primary N) is 1. The molecule has 0 fully saturated rings. The molecule has 0 bridgehead atoms. The maximum absolute atomic E-state index is 13.2. The van der Waals surface area contributed by atoms with Crippen LogP contribution in [0.25, 0.3) is 0 Å². The van der Waals surface area contributed by atoms with Crippen LogP contribution in [-0.4, -0.2) is 17.1 Å². The van der Waals surface area contributed by atoms with Crippen molar-refractivity contribution >= 4 is 11.6 Å². The molecule has 1 heterocycles. The van der Waals surface area contributed by atoms with Crippen LogP contribution < -0.4 is 15.8 Å². The lowest BCUT2D eigenvalue weighted by molar-refractivity contribution is 0.415. The predicted octanol–water partition coefficient (Wildman–Crippen LogP) is 2.38. The van der Waals surface area contributed by atoms with Gasteiger partial charge in [-0.1, -0.05) is 12.1 Å². The maximum atomic E-state index is 13.2. The van der Waals surface area contributed by atoms with Crippen molar-refractivity contribution in [1.82, 2.24) is 9.97 Å². The smallest absolute Gasteiger partial charge is 0.203 e. The normalized spacial score (nSPS) is 11.9. The lowest BCUT2D eigenvalue weighted by atomic mass is 10.1. The molecule has 1 aromatic carbocycles. The Morgan fingerprint density at radius 3 is 2.84 bits per heavy atom. The van der Waals surface area contributed by atoms with Crippen molar-refractivity contribution in [3.8, 4) is 5.75 Å². The van der Waals surface area contributed by atoms with Crippen LogP contribution in [0.5, 0.6) is 5.75 Å². The fourth-order valence-electron chi connectivity index (χ4n) is 1.76. The number of hydrogen-bond donors (Lipinski definition) is 2. The highest BCUT2D eigenvalue weighted by Gasteiger charge is 2.13. The predicted molar refractivity (Wildman–Crippen MR) is 71.4 cm³/mol. The summed E-state index contributed by atoms with van der Waals surface area (Å²) in [5.74, 6) is 0.837. The largest absolute Gasteiger partial charge is 0.490 e. The van der Waals surface area contributed by atoms with E-state index in [2.05, 4.69) is 15.3 Å². The van der Waals surface area contributed by atoms with Gasteiger partial charge in [0.1, 0.15) is 12.1 Å². The van der Waals surface area contributed by atoms with Gasteiger partial charge < -0.3 is 15.8 Å². The zero-order valence-electron chi connectivity index (χ0n) is 10.7. The molecule has 1 aromatic heterocycles. The lowest BCUT2D eigenvalue weighted by Gasteiger charge is -2.17. The fourth-order valence-corrected chi connectivity index (χ4v) is 1.76. The van der Waals surface area contributed by atoms with Crippen molar-refractivity contribution in [2.75, 3.05) is 18.2 Å². The summed E-state index contributed by atoms with van der Waals surface area (Å²) in [6.45, 7) is 1.90. The van der Waals surface area contributed by atoms with E-state index >= 15 is 0 Å². The number of hydrogen-bond acceptors (Lipinski definition) is 5. The molecule has 0 saturated carbocycles. The van der Waals surface area contributed by atoms with Crippen LogP contribution in [0.15, 0.2) is 30.6 Å². The summed E-state index contributed by atoms with van der Waals surface area (Å²) >= 11 is 0. The molecule has 0 aliphatic heterocycles. The first kappa shape index (κ1) is 13.1. The maximum Gasteiger partial charge on any atom is 0.203 e. The second kappa shape index (κ2) is 5.51. The Balaban J connectivity index is 2.24. The van der Waals surface area contributed by atoms with Gasteiger partial charge in [-0.25, -0.2) is 14.4 Å². The van der Waals surface area contributed by atoms with Gasteiger partial charge in [-0.15, -0.1) is 0 Å². The lowest BCUT2D eigenvalue weighted by Crippen LogP contribution is -2.10. The van der Waals surface area contributed by atoms with E-state index in [9.17, 15) is 4.39 Å². The van der Waals surface area contributed by atoms with Gasteiger partial charge in [0, 0.05) is 0 Å². The van der Waals surface area contributed by atoms with Crippen molar-refractivity contribution < 1.29 is 9.13 Å². The number of nitrogens with zero attached hydrogens (tertiary/aromatic N) is 2. The number of ether oxygens (including phenoxy) is 1. The van der Waals surface area contributed by atoms with Crippen molar-refractivity contribution in [3.05, 3.63) is 42.0 Å². The van der Waals surface area contributed by atoms with Gasteiger partial charge in [0.2, 0.25) is 5.75 Å². The van der Waals surface area contributed by atoms with Crippen LogP contribution >= 0.6 is 0 Å². The van der Waals surface area contributed by atoms with Crippen molar-refractivity contribution in [2.24, 2.45) is 0 Å². The van der Waals surface area contributed by atoms with Crippen LogP contribution in [0.1, 0.15) is 18.5 Å². The van der Waals surface area contributed by atoms with Crippen LogP contribution in [0.3, 0.4) is 0 Å². The number of aromatic nitrogens is 2. The molecule has 0 radical (unpaired) electrons. The van der Waals surface area contributed by atoms with Crippen LogP contribution in [0.2, 0.25) is 0 Å². The number of methoxy groups -OCH3 is 1. The molecule has 5 nitrogen and oxygen atoms in total. The molecule has 3 N–H and O–H groups in total. The molecular weight excluding hydrogens is 247 g/mol. The van der Waals surface area contributed by atoms with Crippen LogP contribution in [-0.2, 0) is 0 Å². The van der Waals surface area contributed by atoms with Crippen LogP contribution in [0, 0.1) is 5.82 Å². The number of nitrogens with one attached hydrogen (secondary N) is 1. The summed E-state index contributed by atoms with van der Waals surface area (Å²) in [6.07, 6.45) is 1.35. The fraction of sp³-hybridized carbons (Fsp3) is 0.231. The summed E-state index contributed by atoms with van der Waals surface area (Å²) < 4.78 is 18.3. The van der Waals surface area contributed by atoms with E-state index in [0.717, 1.165) is 5.56 Å². The molecule has 0 spiro atoms. The second-order valence-corrected chi connectivity index (χ2v) is 4.06. The van der Waals surface area contributed by atoms with Gasteiger partial charge >= 0.3 is 0 Å². The summed E-state index contributed by atoms with van der Waals surface area (Å²) in [7, 11) is 1.49. The third-order valence-electron chi connectivity index (χ3n) is 2.74. The Bertz CT molecular complexity index is 576. The minimum Gasteiger partial charge on any atom is -0.490 e. The molecule has 0 amide bonds. The molecule has 0 aliphatic rings. The third-order valence-corrected chi connectivity index (χ3v) is 2.74. The zero-order chi connectivity index (χ0) is 13.8. The van der Waals surface area contributed by atoms with Gasteiger partial charge in [0.25, 0.3) is 0 Å². The van der Waals surface area contributed by atoms with Crippen molar-refractivity contribution in [2.45, 2.75) is 13.0 Å². The molecule has 1 atom stereocenters. The second-order valence-electron chi connectivity index (χ2n) is 4.06. The minimum absolute atomic E-state index is 0.140. The number of anilines is 2. The monoisotopic (exact) mass is 262 g/mol. The van der Waals surface area contributed by atoms with E-state index in [0.29, 0.717) is 11.6 Å². The standard InChI is InChI=1S/C13H15FN4O/c1-8(9-4-3-5-10(14)6-9)18-13-11(19-2)12(15)16-7-17-13/h3-8H,1-2H3,(H3,15,16,17,18). The van der Waals surface area contributed by atoms with Gasteiger partial charge in [-0.3, -0.25) is 0 Å². The summed E-state index contributed by atoms with van der Waals surface area (Å²) in [4.78, 5) is 7.92. The van der Waals surface area contributed by atoms with E-state index in [1.165, 1.54) is 25.6 Å². The molecule has 100 valence electrons. The van der Waals surface area contributed by atoms with E-state index in [-0.39, 0.29) is 17.7 Å². The Hall–Kier alpha value is -2.37. The Labute approximate surface area is 110 Å². The molecule has 0 saturated heterocycles. The van der Waals surface area contributed by atoms with Crippen molar-refractivity contribution in [1.29, 1.82) is 0 Å². The highest BCUT2D eigenvalue weighted by atomic mass is 19.1. The number of nitrogen functional groups attached to an aromatic ring is 1. The van der Waals surface area contributed by atoms with E-state index < -0.39 is 0 Å². The van der Waals surface area contributed by atoms with Gasteiger partial charge in [-0.2, -0.15) is 0 Å². The molecule has 19 heavy (non-hydrogen) atoms. The quantitative estimate of drug-likeness (QED) is 0.885. The molecule has 0 aliphatic carbocycles. The Morgan fingerprint density at radius 1 is 1.37 bits per heavy atom. The highest BCUT2D eigenvalue weighted by Crippen LogP contribution is 2.29. The molecule has 6 heteroatoms. The first-order valence-electron chi connectivity index (χ1n) is 5.78. The summed E-state index contributed by atoms with van der Waals surface area (Å²) in [6, 6.07) is 6.22. The average Bonchev–Trinajstić information content (AvgIpc) is 2.39. The molecule has 2 rings (SSSR count). The van der Waals surface area contributed by atoms with Gasteiger partial charge in [0.05, 0.1) is 13.2 Å². The van der Waals surface area contributed by atoms with Crippen LogP contribution in [0.4, 0.5) is 16.0 Å². The van der Waals surface area contributed by atoms with Crippen molar-refractivity contribution in [3.63, 3.8) is 0 Å². The molecule has 2 aromatic rings. The number of rotatable bonds is 4. The molecular formula is C13H15FN4O. The highest BCUT2D eigenvalue weighted by molar-refractivity contribution is 5.61. The molecule has 1 unspecified atom stereocenters. The van der Waals surface area contributed by atoms with Gasteiger partial charge in [-0.05, 0) is 24.6 Å². The topological polar surface area (TPSA) is 73.1 Å². The van der Waals surface area contributed by atoms with E-state index in [1.54, 1.807) is 6.07 Å². The average molecular weight is 262 g/mol. The zero-order valence-corrected chi connectivity index (χ0v) is 10.7. The summed E-state index contributed by atoms with van der Waals surface area (Å²) in [5.41, 5.74) is 6.50. The number of halogens is 1. The number of benzene rings is 1. The Kier molecular flexibility index (Phi) is 3.79. The van der Waals surface area contributed by atoms with E-state index in [1.807, 2.05) is 13.0 Å². The third kappa shape index (κ3) is 2.90. The first-order valence-corrected chi connectivity index (χ1v) is 5.78. The van der Waals surface area contributed by atoms with Gasteiger partial charge in [0.15, 0.2) is 11.6 Å². The van der Waals surface area contributed by atoms with E-state index in [4.69, 9.17) is 10.5 Å². The summed E-state index contributed by atoms with van der Waals surface area (Å²) in [5, 5.41) is 3.12. The first-order chi connectivity index (χ1) is 9.11. The Morgan fingerprint density at radius 2 is 2.16 bits per heavy atom. The minimum atomic E-state index is -0.277.